The first kappa shape index (κ1) is 20.7. The summed E-state index contributed by atoms with van der Waals surface area (Å²) in [6.07, 6.45) is 6.34. The molecule has 0 aromatic heterocycles. The molecule has 2 rings (SSSR count). The molecule has 0 atom stereocenters. The highest BCUT2D eigenvalue weighted by molar-refractivity contribution is 5.99. The number of unbranched alkanes of at least 4 members (excludes halogenated alkanes) is 2. The molecule has 1 aliphatic rings. The molecular formula is C20H30N4O3. The van der Waals surface area contributed by atoms with Crippen molar-refractivity contribution in [2.45, 2.75) is 51.9 Å². The van der Waals surface area contributed by atoms with Gasteiger partial charge in [0.1, 0.15) is 0 Å². The minimum absolute atomic E-state index is 0.0349. The third-order valence-electron chi connectivity index (χ3n) is 4.71. The molecule has 1 saturated heterocycles. The van der Waals surface area contributed by atoms with Gasteiger partial charge in [-0.2, -0.15) is 0 Å². The number of primary amides is 1. The first-order chi connectivity index (χ1) is 13.0. The zero-order chi connectivity index (χ0) is 19.6. The zero-order valence-corrected chi connectivity index (χ0v) is 16.1. The molecule has 0 aliphatic carbocycles. The van der Waals surface area contributed by atoms with E-state index in [-0.39, 0.29) is 11.8 Å². The Hall–Kier alpha value is -2.57. The van der Waals surface area contributed by atoms with Crippen molar-refractivity contribution < 1.29 is 14.4 Å². The summed E-state index contributed by atoms with van der Waals surface area (Å²) < 4.78 is 0. The van der Waals surface area contributed by atoms with Crippen LogP contribution in [0.25, 0.3) is 0 Å². The molecule has 1 heterocycles. The fraction of sp³-hybridized carbons (Fsp3) is 0.550. The van der Waals surface area contributed by atoms with E-state index in [1.807, 2.05) is 6.07 Å². The van der Waals surface area contributed by atoms with E-state index >= 15 is 0 Å². The van der Waals surface area contributed by atoms with Crippen molar-refractivity contribution in [2.24, 2.45) is 5.73 Å². The van der Waals surface area contributed by atoms with Gasteiger partial charge in [0.05, 0.1) is 11.4 Å². The second-order valence-corrected chi connectivity index (χ2v) is 6.99. The van der Waals surface area contributed by atoms with Crippen LogP contribution in [0.1, 0.15) is 62.2 Å². The summed E-state index contributed by atoms with van der Waals surface area (Å²) in [6.45, 7) is 4.02. The third kappa shape index (κ3) is 6.92. The van der Waals surface area contributed by atoms with Crippen LogP contribution in [-0.4, -0.2) is 37.4 Å². The maximum absolute atomic E-state index is 12.4. The molecule has 148 valence electrons. The van der Waals surface area contributed by atoms with Crippen molar-refractivity contribution in [1.29, 1.82) is 0 Å². The molecule has 3 amide bonds. The molecule has 7 nitrogen and oxygen atoms in total. The Morgan fingerprint density at radius 1 is 1.07 bits per heavy atom. The largest absolute Gasteiger partial charge is 0.370 e. The normalized spacial score (nSPS) is 13.9. The Kier molecular flexibility index (Phi) is 8.10. The summed E-state index contributed by atoms with van der Waals surface area (Å²) in [5, 5.41) is 5.70. The number of nitrogens with two attached hydrogens (primary N) is 1. The molecule has 1 aromatic carbocycles. The minimum Gasteiger partial charge on any atom is -0.370 e. The third-order valence-corrected chi connectivity index (χ3v) is 4.71. The van der Waals surface area contributed by atoms with Crippen LogP contribution in [0.3, 0.4) is 0 Å². The Morgan fingerprint density at radius 2 is 1.81 bits per heavy atom. The van der Waals surface area contributed by atoms with Gasteiger partial charge in [-0.25, -0.2) is 0 Å². The van der Waals surface area contributed by atoms with E-state index in [0.29, 0.717) is 24.2 Å². The predicted octanol–water partition coefficient (Wildman–Crippen LogP) is 2.41. The van der Waals surface area contributed by atoms with Gasteiger partial charge in [0.25, 0.3) is 0 Å². The Labute approximate surface area is 160 Å². The molecule has 27 heavy (non-hydrogen) atoms. The summed E-state index contributed by atoms with van der Waals surface area (Å²) in [4.78, 5) is 36.9. The van der Waals surface area contributed by atoms with Gasteiger partial charge in [0, 0.05) is 38.5 Å². The summed E-state index contributed by atoms with van der Waals surface area (Å²) >= 11 is 0. The van der Waals surface area contributed by atoms with Crippen molar-refractivity contribution in [3.63, 3.8) is 0 Å². The highest BCUT2D eigenvalue weighted by atomic mass is 16.2. The maximum Gasteiger partial charge on any atom is 0.248 e. The SMILES string of the molecule is CC(=O)NCCCCCC(=O)Nc1cc(C(N)=O)ccc1N1CCCCC1. The zero-order valence-electron chi connectivity index (χ0n) is 16.1. The summed E-state index contributed by atoms with van der Waals surface area (Å²) in [7, 11) is 0. The van der Waals surface area contributed by atoms with Crippen molar-refractivity contribution in [3.8, 4) is 0 Å². The molecule has 0 saturated carbocycles. The number of nitrogens with one attached hydrogen (secondary N) is 2. The van der Waals surface area contributed by atoms with Crippen molar-refractivity contribution >= 4 is 29.1 Å². The molecule has 0 bridgehead atoms. The molecule has 0 spiro atoms. The van der Waals surface area contributed by atoms with Crippen LogP contribution in [0.2, 0.25) is 0 Å². The molecule has 4 N–H and O–H groups in total. The average molecular weight is 374 g/mol. The number of rotatable bonds is 9. The average Bonchev–Trinajstić information content (AvgIpc) is 2.65. The second-order valence-electron chi connectivity index (χ2n) is 6.99. The second kappa shape index (κ2) is 10.5. The van der Waals surface area contributed by atoms with E-state index in [1.165, 1.54) is 13.3 Å². The smallest absolute Gasteiger partial charge is 0.248 e. The van der Waals surface area contributed by atoms with Crippen LogP contribution >= 0.6 is 0 Å². The van der Waals surface area contributed by atoms with Gasteiger partial charge in [-0.3, -0.25) is 14.4 Å². The number of hydrogen-bond donors (Lipinski definition) is 3. The standard InChI is InChI=1S/C20H30N4O3/c1-15(25)22-11-5-2-4-8-19(26)23-17-14-16(20(21)27)9-10-18(17)24-12-6-3-7-13-24/h9-10,14H,2-8,11-13H2,1H3,(H2,21,27)(H,22,25)(H,23,26). The number of amides is 3. The number of piperidine rings is 1. The highest BCUT2D eigenvalue weighted by Gasteiger charge is 2.17. The van der Waals surface area contributed by atoms with Gasteiger partial charge in [-0.15, -0.1) is 0 Å². The number of nitrogens with zero attached hydrogens (tertiary/aromatic N) is 1. The van der Waals surface area contributed by atoms with Crippen molar-refractivity contribution in [2.75, 3.05) is 29.9 Å². The first-order valence-corrected chi connectivity index (χ1v) is 9.70. The Bertz CT molecular complexity index is 669. The Balaban J connectivity index is 1.93. The molecule has 0 unspecified atom stereocenters. The predicted molar refractivity (Wildman–Crippen MR) is 107 cm³/mol. The van der Waals surface area contributed by atoms with Gasteiger partial charge in [0.15, 0.2) is 0 Å². The monoisotopic (exact) mass is 374 g/mol. The number of benzene rings is 1. The van der Waals surface area contributed by atoms with E-state index < -0.39 is 5.91 Å². The minimum atomic E-state index is -0.506. The summed E-state index contributed by atoms with van der Waals surface area (Å²) in [6, 6.07) is 5.25. The van der Waals surface area contributed by atoms with Gasteiger partial charge >= 0.3 is 0 Å². The lowest BCUT2D eigenvalue weighted by molar-refractivity contribution is -0.119. The Morgan fingerprint density at radius 3 is 2.48 bits per heavy atom. The number of hydrogen-bond acceptors (Lipinski definition) is 4. The molecule has 1 aromatic rings. The first-order valence-electron chi connectivity index (χ1n) is 9.70. The van der Waals surface area contributed by atoms with Gasteiger partial charge < -0.3 is 21.3 Å². The highest BCUT2D eigenvalue weighted by Crippen LogP contribution is 2.30. The molecular weight excluding hydrogens is 344 g/mol. The fourth-order valence-electron chi connectivity index (χ4n) is 3.26. The van der Waals surface area contributed by atoms with Crippen LogP contribution in [-0.2, 0) is 9.59 Å². The van der Waals surface area contributed by atoms with Gasteiger partial charge in [0.2, 0.25) is 17.7 Å². The van der Waals surface area contributed by atoms with E-state index in [9.17, 15) is 14.4 Å². The lowest BCUT2D eigenvalue weighted by Crippen LogP contribution is -2.30. The van der Waals surface area contributed by atoms with E-state index in [1.54, 1.807) is 12.1 Å². The van der Waals surface area contributed by atoms with Crippen LogP contribution in [0.4, 0.5) is 11.4 Å². The summed E-state index contributed by atoms with van der Waals surface area (Å²) in [5.41, 5.74) is 7.38. The molecule has 7 heteroatoms. The van der Waals surface area contributed by atoms with E-state index in [0.717, 1.165) is 50.9 Å². The quantitative estimate of drug-likeness (QED) is 0.577. The lowest BCUT2D eigenvalue weighted by atomic mass is 10.1. The number of anilines is 2. The van der Waals surface area contributed by atoms with E-state index in [2.05, 4.69) is 15.5 Å². The van der Waals surface area contributed by atoms with Crippen LogP contribution in [0.5, 0.6) is 0 Å². The van der Waals surface area contributed by atoms with Gasteiger partial charge in [-0.05, 0) is 50.3 Å². The fourth-order valence-corrected chi connectivity index (χ4v) is 3.26. The molecule has 1 fully saturated rings. The van der Waals surface area contributed by atoms with Gasteiger partial charge in [-0.1, -0.05) is 6.42 Å². The number of carbonyl (C=O) groups excluding carboxylic acids is 3. The van der Waals surface area contributed by atoms with Crippen molar-refractivity contribution in [1.82, 2.24) is 5.32 Å². The van der Waals surface area contributed by atoms with E-state index in [4.69, 9.17) is 5.73 Å². The molecule has 1 aliphatic heterocycles. The maximum atomic E-state index is 12.4. The van der Waals surface area contributed by atoms with Crippen LogP contribution < -0.4 is 21.3 Å². The van der Waals surface area contributed by atoms with Crippen LogP contribution in [0, 0.1) is 0 Å². The molecule has 0 radical (unpaired) electrons. The topological polar surface area (TPSA) is 105 Å². The van der Waals surface area contributed by atoms with Crippen molar-refractivity contribution in [3.05, 3.63) is 23.8 Å². The van der Waals surface area contributed by atoms with Crippen LogP contribution in [0.15, 0.2) is 18.2 Å². The summed E-state index contributed by atoms with van der Waals surface area (Å²) in [5.74, 6) is -0.615. The number of carbonyl (C=O) groups is 3. The lowest BCUT2D eigenvalue weighted by Gasteiger charge is -2.30.